The van der Waals surface area contributed by atoms with Crippen molar-refractivity contribution in [1.82, 2.24) is 9.55 Å². The summed E-state index contributed by atoms with van der Waals surface area (Å²) in [4.78, 5) is 30.5. The van der Waals surface area contributed by atoms with Crippen LogP contribution in [-0.4, -0.2) is 34.7 Å². The molecule has 0 bridgehead atoms. The maximum Gasteiger partial charge on any atom is 0.359 e. The fraction of sp³-hybridized carbons (Fsp3) is 0.250. The minimum Gasteiger partial charge on any atom is -0.461 e. The highest BCUT2D eigenvalue weighted by Gasteiger charge is 2.31. The van der Waals surface area contributed by atoms with Gasteiger partial charge < -0.3 is 9.47 Å². The number of esters is 2. The highest BCUT2D eigenvalue weighted by atomic mass is 32.1. The number of ether oxygens (including phenoxy) is 2. The first-order chi connectivity index (χ1) is 13.1. The van der Waals surface area contributed by atoms with E-state index in [0.29, 0.717) is 5.82 Å². The lowest BCUT2D eigenvalue weighted by Crippen LogP contribution is -2.17. The Hall–Kier alpha value is -2.93. The number of nitrogens with zero attached hydrogens (tertiary/aromatic N) is 2. The first kappa shape index (κ1) is 18.8. The molecule has 0 spiro atoms. The molecule has 0 saturated carbocycles. The summed E-state index contributed by atoms with van der Waals surface area (Å²) in [7, 11) is 0. The van der Waals surface area contributed by atoms with Gasteiger partial charge in [-0.05, 0) is 44.4 Å². The molecule has 0 atom stereocenters. The SMILES string of the molecule is CCOC(=O)c1nc(-c2cccs2)n(-c2ccc(C)cc2)c1C(=O)OCC. The van der Waals surface area contributed by atoms with Crippen LogP contribution >= 0.6 is 11.3 Å². The molecule has 0 amide bonds. The standard InChI is InChI=1S/C20H20N2O4S/c1-4-25-19(23)16-17(20(24)26-5-2)22(14-10-8-13(3)9-11-14)18(21-16)15-7-6-12-27-15/h6-12H,4-5H2,1-3H3. The van der Waals surface area contributed by atoms with Crippen LogP contribution in [-0.2, 0) is 9.47 Å². The Morgan fingerprint density at radius 1 is 1.04 bits per heavy atom. The summed E-state index contributed by atoms with van der Waals surface area (Å²) in [6, 6.07) is 11.4. The predicted molar refractivity (Wildman–Crippen MR) is 104 cm³/mol. The fourth-order valence-electron chi connectivity index (χ4n) is 2.67. The minimum absolute atomic E-state index is 0.0423. The number of benzene rings is 1. The van der Waals surface area contributed by atoms with Crippen molar-refractivity contribution in [2.75, 3.05) is 13.2 Å². The third-order valence-corrected chi connectivity index (χ3v) is 4.71. The monoisotopic (exact) mass is 384 g/mol. The Balaban J connectivity index is 2.30. The molecule has 7 heteroatoms. The van der Waals surface area contributed by atoms with Crippen molar-refractivity contribution in [2.45, 2.75) is 20.8 Å². The van der Waals surface area contributed by atoms with E-state index in [0.717, 1.165) is 16.1 Å². The molecule has 0 N–H and O–H groups in total. The van der Waals surface area contributed by atoms with Gasteiger partial charge in [-0.3, -0.25) is 4.57 Å². The zero-order valence-electron chi connectivity index (χ0n) is 15.4. The Morgan fingerprint density at radius 2 is 1.70 bits per heavy atom. The lowest BCUT2D eigenvalue weighted by Gasteiger charge is -2.12. The van der Waals surface area contributed by atoms with Crippen molar-refractivity contribution >= 4 is 23.3 Å². The lowest BCUT2D eigenvalue weighted by atomic mass is 10.2. The quantitative estimate of drug-likeness (QED) is 0.594. The van der Waals surface area contributed by atoms with Gasteiger partial charge in [0.05, 0.1) is 18.1 Å². The van der Waals surface area contributed by atoms with Crippen molar-refractivity contribution in [3.05, 3.63) is 58.7 Å². The molecule has 2 heterocycles. The van der Waals surface area contributed by atoms with Crippen molar-refractivity contribution in [3.63, 3.8) is 0 Å². The van der Waals surface area contributed by atoms with E-state index in [1.807, 2.05) is 48.7 Å². The normalized spacial score (nSPS) is 10.6. The van der Waals surface area contributed by atoms with Gasteiger partial charge in [0.2, 0.25) is 0 Å². The van der Waals surface area contributed by atoms with Gasteiger partial charge in [0.1, 0.15) is 0 Å². The first-order valence-electron chi connectivity index (χ1n) is 8.64. The number of hydrogen-bond donors (Lipinski definition) is 0. The number of hydrogen-bond acceptors (Lipinski definition) is 6. The summed E-state index contributed by atoms with van der Waals surface area (Å²) in [5.74, 6) is -0.763. The second-order valence-corrected chi connectivity index (χ2v) is 6.67. The number of carbonyl (C=O) groups excluding carboxylic acids is 2. The molecule has 0 radical (unpaired) electrons. The highest BCUT2D eigenvalue weighted by Crippen LogP contribution is 2.31. The van der Waals surface area contributed by atoms with Gasteiger partial charge in [-0.2, -0.15) is 0 Å². The first-order valence-corrected chi connectivity index (χ1v) is 9.52. The summed E-state index contributed by atoms with van der Waals surface area (Å²) in [6.45, 7) is 5.78. The molecular formula is C20H20N2O4S. The average Bonchev–Trinajstić information content (AvgIpc) is 3.30. The van der Waals surface area contributed by atoms with Crippen LogP contribution in [0.4, 0.5) is 0 Å². The van der Waals surface area contributed by atoms with E-state index < -0.39 is 11.9 Å². The van der Waals surface area contributed by atoms with Crippen LogP contribution in [0.3, 0.4) is 0 Å². The number of aromatic nitrogens is 2. The summed E-state index contributed by atoms with van der Waals surface area (Å²) < 4.78 is 12.0. The van der Waals surface area contributed by atoms with Gasteiger partial charge in [0, 0.05) is 5.69 Å². The molecule has 0 aliphatic carbocycles. The molecule has 0 aliphatic heterocycles. The van der Waals surface area contributed by atoms with Gasteiger partial charge >= 0.3 is 11.9 Å². The van der Waals surface area contributed by atoms with E-state index in [1.54, 1.807) is 18.4 Å². The fourth-order valence-corrected chi connectivity index (χ4v) is 3.37. The number of rotatable bonds is 6. The molecular weight excluding hydrogens is 364 g/mol. The molecule has 6 nitrogen and oxygen atoms in total. The van der Waals surface area contributed by atoms with Gasteiger partial charge in [-0.1, -0.05) is 23.8 Å². The summed E-state index contributed by atoms with van der Waals surface area (Å²) in [6.07, 6.45) is 0. The zero-order valence-corrected chi connectivity index (χ0v) is 16.2. The highest BCUT2D eigenvalue weighted by molar-refractivity contribution is 7.13. The molecule has 0 aliphatic rings. The maximum atomic E-state index is 12.7. The Kier molecular flexibility index (Phi) is 5.71. The summed E-state index contributed by atoms with van der Waals surface area (Å²) in [5.41, 5.74) is 1.83. The molecule has 1 aromatic carbocycles. The van der Waals surface area contributed by atoms with E-state index in [-0.39, 0.29) is 24.6 Å². The number of thiophene rings is 1. The van der Waals surface area contributed by atoms with Crippen LogP contribution in [0.1, 0.15) is 40.4 Å². The van der Waals surface area contributed by atoms with Crippen LogP contribution in [0.2, 0.25) is 0 Å². The third-order valence-electron chi connectivity index (χ3n) is 3.85. The smallest absolute Gasteiger partial charge is 0.359 e. The van der Waals surface area contributed by atoms with Crippen LogP contribution in [0.5, 0.6) is 0 Å². The molecule has 0 fully saturated rings. The van der Waals surface area contributed by atoms with Crippen molar-refractivity contribution in [2.24, 2.45) is 0 Å². The summed E-state index contributed by atoms with van der Waals surface area (Å²) >= 11 is 1.47. The second kappa shape index (κ2) is 8.18. The van der Waals surface area contributed by atoms with Crippen LogP contribution in [0.15, 0.2) is 41.8 Å². The summed E-state index contributed by atoms with van der Waals surface area (Å²) in [5, 5.41) is 1.91. The van der Waals surface area contributed by atoms with Crippen LogP contribution in [0.25, 0.3) is 16.4 Å². The van der Waals surface area contributed by atoms with Crippen molar-refractivity contribution in [1.29, 1.82) is 0 Å². The Bertz CT molecular complexity index is 943. The topological polar surface area (TPSA) is 70.4 Å². The van der Waals surface area contributed by atoms with E-state index in [4.69, 9.17) is 9.47 Å². The lowest BCUT2D eigenvalue weighted by molar-refractivity contribution is 0.0469. The van der Waals surface area contributed by atoms with E-state index in [9.17, 15) is 9.59 Å². The van der Waals surface area contributed by atoms with E-state index >= 15 is 0 Å². The molecule has 0 saturated heterocycles. The molecule has 3 rings (SSSR count). The molecule has 27 heavy (non-hydrogen) atoms. The number of carbonyl (C=O) groups is 2. The Labute approximate surface area is 161 Å². The Morgan fingerprint density at radius 3 is 2.30 bits per heavy atom. The largest absolute Gasteiger partial charge is 0.461 e. The minimum atomic E-state index is -0.649. The van der Waals surface area contributed by atoms with Crippen LogP contribution in [0, 0.1) is 6.92 Å². The third kappa shape index (κ3) is 3.78. The van der Waals surface area contributed by atoms with Gasteiger partial charge in [0.25, 0.3) is 0 Å². The van der Waals surface area contributed by atoms with Gasteiger partial charge in [0.15, 0.2) is 17.2 Å². The second-order valence-electron chi connectivity index (χ2n) is 5.72. The maximum absolute atomic E-state index is 12.7. The van der Waals surface area contributed by atoms with Crippen LogP contribution < -0.4 is 0 Å². The predicted octanol–water partition coefficient (Wildman–Crippen LogP) is 4.26. The zero-order chi connectivity index (χ0) is 19.4. The van der Waals surface area contributed by atoms with E-state index in [1.165, 1.54) is 11.3 Å². The van der Waals surface area contributed by atoms with Gasteiger partial charge in [-0.25, -0.2) is 14.6 Å². The molecule has 0 unspecified atom stereocenters. The van der Waals surface area contributed by atoms with E-state index in [2.05, 4.69) is 4.98 Å². The molecule has 2 aromatic heterocycles. The molecule has 140 valence electrons. The van der Waals surface area contributed by atoms with Crippen molar-refractivity contribution in [3.8, 4) is 16.4 Å². The molecule has 3 aromatic rings. The number of imidazole rings is 1. The van der Waals surface area contributed by atoms with Crippen molar-refractivity contribution < 1.29 is 19.1 Å². The van der Waals surface area contributed by atoms with Gasteiger partial charge in [-0.15, -0.1) is 11.3 Å². The number of aryl methyl sites for hydroxylation is 1. The average molecular weight is 384 g/mol.